The number of anilines is 1. The quantitative estimate of drug-likeness (QED) is 0.913. The minimum absolute atomic E-state index is 0.0443. The Morgan fingerprint density at radius 1 is 1.56 bits per heavy atom. The van der Waals surface area contributed by atoms with E-state index in [1.165, 1.54) is 11.0 Å². The summed E-state index contributed by atoms with van der Waals surface area (Å²) in [5.41, 5.74) is 0.588. The number of carbonyl (C=O) groups excluding carboxylic acids is 1. The zero-order chi connectivity index (χ0) is 13.0. The van der Waals surface area contributed by atoms with Crippen molar-refractivity contribution in [1.29, 1.82) is 0 Å². The standard InChI is InChI=1S/C10H10BrN5O2/c1-18-9-3-2-7(11)4-8(9)13-10(17)5-16-6-12-14-15-16/h2-4,6H,5H2,1H3,(H,13,17). The fourth-order valence-corrected chi connectivity index (χ4v) is 1.73. The van der Waals surface area contributed by atoms with E-state index in [1.807, 2.05) is 6.07 Å². The van der Waals surface area contributed by atoms with Crippen LogP contribution in [0.25, 0.3) is 0 Å². The van der Waals surface area contributed by atoms with Gasteiger partial charge in [-0.3, -0.25) is 4.79 Å². The number of halogens is 1. The minimum Gasteiger partial charge on any atom is -0.495 e. The smallest absolute Gasteiger partial charge is 0.246 e. The SMILES string of the molecule is COc1ccc(Br)cc1NC(=O)Cn1cnnn1. The van der Waals surface area contributed by atoms with Crippen molar-refractivity contribution in [2.24, 2.45) is 0 Å². The molecule has 0 aliphatic rings. The molecular formula is C10H10BrN5O2. The predicted octanol–water partition coefficient (Wildman–Crippen LogP) is 1.08. The van der Waals surface area contributed by atoms with Gasteiger partial charge >= 0.3 is 0 Å². The molecule has 8 heteroatoms. The molecule has 1 aromatic carbocycles. The van der Waals surface area contributed by atoms with Crippen molar-refractivity contribution in [3.8, 4) is 5.75 Å². The van der Waals surface area contributed by atoms with E-state index < -0.39 is 0 Å². The number of hydrogen-bond acceptors (Lipinski definition) is 5. The maximum Gasteiger partial charge on any atom is 0.246 e. The first-order valence-electron chi connectivity index (χ1n) is 5.03. The van der Waals surface area contributed by atoms with Gasteiger partial charge in [0.25, 0.3) is 0 Å². The summed E-state index contributed by atoms with van der Waals surface area (Å²) in [6, 6.07) is 5.35. The number of hydrogen-bond donors (Lipinski definition) is 1. The van der Waals surface area contributed by atoms with Crippen molar-refractivity contribution in [2.45, 2.75) is 6.54 Å². The fraction of sp³-hybridized carbons (Fsp3) is 0.200. The molecule has 7 nitrogen and oxygen atoms in total. The Labute approximate surface area is 111 Å². The van der Waals surface area contributed by atoms with Gasteiger partial charge in [-0.15, -0.1) is 5.10 Å². The maximum atomic E-state index is 11.8. The Kier molecular flexibility index (Phi) is 3.88. The number of aromatic nitrogens is 4. The fourth-order valence-electron chi connectivity index (χ4n) is 1.37. The second-order valence-electron chi connectivity index (χ2n) is 3.40. The molecule has 1 aromatic heterocycles. The molecule has 0 unspecified atom stereocenters. The van der Waals surface area contributed by atoms with Gasteiger partial charge in [-0.2, -0.15) is 0 Å². The molecule has 0 aliphatic carbocycles. The lowest BCUT2D eigenvalue weighted by molar-refractivity contribution is -0.116. The highest BCUT2D eigenvalue weighted by molar-refractivity contribution is 9.10. The van der Waals surface area contributed by atoms with E-state index >= 15 is 0 Å². The van der Waals surface area contributed by atoms with Crippen LogP contribution < -0.4 is 10.1 Å². The number of nitrogens with one attached hydrogen (secondary N) is 1. The summed E-state index contributed by atoms with van der Waals surface area (Å²) in [6.45, 7) is 0.0443. The average Bonchev–Trinajstić information content (AvgIpc) is 2.82. The molecule has 1 heterocycles. The zero-order valence-electron chi connectivity index (χ0n) is 9.50. The summed E-state index contributed by atoms with van der Waals surface area (Å²) in [4.78, 5) is 11.8. The summed E-state index contributed by atoms with van der Waals surface area (Å²) in [6.07, 6.45) is 1.37. The summed E-state index contributed by atoms with van der Waals surface area (Å²) in [7, 11) is 1.54. The molecule has 0 saturated heterocycles. The third-order valence-electron chi connectivity index (χ3n) is 2.13. The first kappa shape index (κ1) is 12.5. The van der Waals surface area contributed by atoms with Crippen LogP contribution in [0.3, 0.4) is 0 Å². The normalized spacial score (nSPS) is 10.1. The molecule has 0 radical (unpaired) electrons. The van der Waals surface area contributed by atoms with Crippen LogP contribution in [-0.4, -0.2) is 33.2 Å². The maximum absolute atomic E-state index is 11.8. The lowest BCUT2D eigenvalue weighted by Crippen LogP contribution is -2.19. The summed E-state index contributed by atoms with van der Waals surface area (Å²) < 4.78 is 7.34. The average molecular weight is 312 g/mol. The molecule has 0 saturated carbocycles. The van der Waals surface area contributed by atoms with Crippen LogP contribution in [-0.2, 0) is 11.3 Å². The number of amides is 1. The number of benzene rings is 1. The molecule has 0 atom stereocenters. The molecule has 0 bridgehead atoms. The van der Waals surface area contributed by atoms with Crippen molar-refractivity contribution >= 4 is 27.5 Å². The van der Waals surface area contributed by atoms with Crippen LogP contribution >= 0.6 is 15.9 Å². The Morgan fingerprint density at radius 3 is 3.06 bits per heavy atom. The molecule has 1 amide bonds. The highest BCUT2D eigenvalue weighted by atomic mass is 79.9. The number of tetrazole rings is 1. The largest absolute Gasteiger partial charge is 0.495 e. The van der Waals surface area contributed by atoms with Gasteiger partial charge in [0, 0.05) is 4.47 Å². The van der Waals surface area contributed by atoms with Gasteiger partial charge in [0.2, 0.25) is 5.91 Å². The topological polar surface area (TPSA) is 81.9 Å². The summed E-state index contributed by atoms with van der Waals surface area (Å²) in [5, 5.41) is 13.2. The molecule has 0 fully saturated rings. The molecule has 94 valence electrons. The van der Waals surface area contributed by atoms with Crippen LogP contribution in [0.4, 0.5) is 5.69 Å². The minimum atomic E-state index is -0.237. The van der Waals surface area contributed by atoms with E-state index in [9.17, 15) is 4.79 Å². The Hall–Kier alpha value is -1.96. The van der Waals surface area contributed by atoms with Crippen LogP contribution in [0.2, 0.25) is 0 Å². The third-order valence-corrected chi connectivity index (χ3v) is 2.63. The van der Waals surface area contributed by atoms with Crippen LogP contribution in [0.15, 0.2) is 29.0 Å². The van der Waals surface area contributed by atoms with Gasteiger partial charge in [0.15, 0.2) is 0 Å². The molecule has 0 spiro atoms. The van der Waals surface area contributed by atoms with E-state index in [0.29, 0.717) is 11.4 Å². The molecular weight excluding hydrogens is 302 g/mol. The zero-order valence-corrected chi connectivity index (χ0v) is 11.1. The van der Waals surface area contributed by atoms with Gasteiger partial charge in [-0.25, -0.2) is 4.68 Å². The van der Waals surface area contributed by atoms with E-state index in [2.05, 4.69) is 36.8 Å². The van der Waals surface area contributed by atoms with E-state index in [4.69, 9.17) is 4.74 Å². The van der Waals surface area contributed by atoms with E-state index in [-0.39, 0.29) is 12.5 Å². The number of rotatable bonds is 4. The monoisotopic (exact) mass is 311 g/mol. The van der Waals surface area contributed by atoms with Crippen LogP contribution in [0.1, 0.15) is 0 Å². The molecule has 1 N–H and O–H groups in total. The number of carbonyl (C=O) groups is 1. The lowest BCUT2D eigenvalue weighted by Gasteiger charge is -2.10. The van der Waals surface area contributed by atoms with Crippen molar-refractivity contribution in [1.82, 2.24) is 20.2 Å². The summed E-state index contributed by atoms with van der Waals surface area (Å²) >= 11 is 3.33. The Bertz CT molecular complexity index is 543. The van der Waals surface area contributed by atoms with Crippen LogP contribution in [0, 0.1) is 0 Å². The first-order valence-corrected chi connectivity index (χ1v) is 5.82. The first-order chi connectivity index (χ1) is 8.69. The third kappa shape index (κ3) is 3.04. The predicted molar refractivity (Wildman–Crippen MR) is 67.1 cm³/mol. The second kappa shape index (κ2) is 5.58. The molecule has 2 rings (SSSR count). The molecule has 0 aliphatic heterocycles. The molecule has 2 aromatic rings. The van der Waals surface area contributed by atoms with E-state index in [1.54, 1.807) is 19.2 Å². The van der Waals surface area contributed by atoms with Crippen LogP contribution in [0.5, 0.6) is 5.75 Å². The lowest BCUT2D eigenvalue weighted by atomic mass is 10.3. The van der Waals surface area contributed by atoms with Gasteiger partial charge in [0.1, 0.15) is 18.6 Å². The number of ether oxygens (including phenoxy) is 1. The number of methoxy groups -OCH3 is 1. The van der Waals surface area contributed by atoms with Crippen molar-refractivity contribution in [3.05, 3.63) is 29.0 Å². The summed E-state index contributed by atoms with van der Waals surface area (Å²) in [5.74, 6) is 0.349. The van der Waals surface area contributed by atoms with Crippen molar-refractivity contribution in [2.75, 3.05) is 12.4 Å². The van der Waals surface area contributed by atoms with Crippen molar-refractivity contribution < 1.29 is 9.53 Å². The van der Waals surface area contributed by atoms with Gasteiger partial charge < -0.3 is 10.1 Å². The van der Waals surface area contributed by atoms with Crippen molar-refractivity contribution in [3.63, 3.8) is 0 Å². The van der Waals surface area contributed by atoms with Gasteiger partial charge in [-0.05, 0) is 28.6 Å². The van der Waals surface area contributed by atoms with Gasteiger partial charge in [-0.1, -0.05) is 15.9 Å². The number of nitrogens with zero attached hydrogens (tertiary/aromatic N) is 4. The van der Waals surface area contributed by atoms with E-state index in [0.717, 1.165) is 4.47 Å². The Morgan fingerprint density at radius 2 is 2.39 bits per heavy atom. The Balaban J connectivity index is 2.08. The second-order valence-corrected chi connectivity index (χ2v) is 4.32. The highest BCUT2D eigenvalue weighted by Crippen LogP contribution is 2.27. The molecule has 18 heavy (non-hydrogen) atoms. The van der Waals surface area contributed by atoms with Gasteiger partial charge in [0.05, 0.1) is 12.8 Å². The highest BCUT2D eigenvalue weighted by Gasteiger charge is 2.09.